The number of rotatable bonds is 4. The van der Waals surface area contributed by atoms with E-state index < -0.39 is 0 Å². The predicted octanol–water partition coefficient (Wildman–Crippen LogP) is 3.34. The van der Waals surface area contributed by atoms with Crippen LogP contribution in [0, 0.1) is 0 Å². The van der Waals surface area contributed by atoms with Crippen LogP contribution in [0.4, 0.5) is 0 Å². The largest absolute Gasteiger partial charge is 0.350 e. The zero-order valence-electron chi connectivity index (χ0n) is 15.6. The van der Waals surface area contributed by atoms with E-state index >= 15 is 0 Å². The van der Waals surface area contributed by atoms with Gasteiger partial charge < -0.3 is 5.32 Å². The number of nitrogens with one attached hydrogen (secondary N) is 1. The molecule has 1 aromatic carbocycles. The summed E-state index contributed by atoms with van der Waals surface area (Å²) in [5.41, 5.74) is 1.02. The molecule has 2 heterocycles. The Kier molecular flexibility index (Phi) is 5.54. The Morgan fingerprint density at radius 3 is 2.73 bits per heavy atom. The van der Waals surface area contributed by atoms with Gasteiger partial charge in [0, 0.05) is 24.0 Å². The zero-order chi connectivity index (χ0) is 17.8. The van der Waals surface area contributed by atoms with Crippen molar-refractivity contribution in [2.45, 2.75) is 70.0 Å². The smallest absolute Gasteiger partial charge is 0.242 e. The second kappa shape index (κ2) is 8.21. The lowest BCUT2D eigenvalue weighted by molar-refractivity contribution is -0.123. The molecule has 26 heavy (non-hydrogen) atoms. The standard InChI is InChI=1S/C21H30N4O/c26-21(16-25-20-12-6-5-8-17(20)14-22-25)23-18-9-7-13-24(15-18)19-10-3-1-2-4-11-19/h5-6,8,12,14,18-19H,1-4,7,9-11,13,15-16H2,(H,23,26)/t18-/m0/s1. The van der Waals surface area contributed by atoms with Crippen LogP contribution in [0.3, 0.4) is 0 Å². The molecule has 2 fully saturated rings. The van der Waals surface area contributed by atoms with Crippen molar-refractivity contribution in [2.24, 2.45) is 0 Å². The van der Waals surface area contributed by atoms with Gasteiger partial charge in [0.05, 0.1) is 11.7 Å². The molecule has 1 saturated heterocycles. The fourth-order valence-electron chi connectivity index (χ4n) is 4.64. The maximum Gasteiger partial charge on any atom is 0.242 e. The summed E-state index contributed by atoms with van der Waals surface area (Å²) in [6.45, 7) is 2.50. The molecule has 5 nitrogen and oxygen atoms in total. The third-order valence-corrected chi connectivity index (χ3v) is 6.00. The first-order valence-corrected chi connectivity index (χ1v) is 10.2. The Hall–Kier alpha value is -1.88. The van der Waals surface area contributed by atoms with Crippen LogP contribution in [0.25, 0.3) is 10.9 Å². The highest BCUT2D eigenvalue weighted by Gasteiger charge is 2.27. The highest BCUT2D eigenvalue weighted by Crippen LogP contribution is 2.24. The van der Waals surface area contributed by atoms with Gasteiger partial charge in [-0.15, -0.1) is 0 Å². The van der Waals surface area contributed by atoms with Crippen molar-refractivity contribution in [3.8, 4) is 0 Å². The van der Waals surface area contributed by atoms with Crippen molar-refractivity contribution < 1.29 is 4.79 Å². The van der Waals surface area contributed by atoms with Gasteiger partial charge in [0.25, 0.3) is 0 Å². The first kappa shape index (κ1) is 17.5. The monoisotopic (exact) mass is 354 g/mol. The minimum absolute atomic E-state index is 0.0755. The van der Waals surface area contributed by atoms with Crippen molar-refractivity contribution in [3.63, 3.8) is 0 Å². The molecule has 0 bridgehead atoms. The minimum Gasteiger partial charge on any atom is -0.350 e. The van der Waals surface area contributed by atoms with Crippen molar-refractivity contribution in [1.82, 2.24) is 20.0 Å². The average molecular weight is 354 g/mol. The number of aromatic nitrogens is 2. The summed E-state index contributed by atoms with van der Waals surface area (Å²) in [5.74, 6) is 0.0755. The van der Waals surface area contributed by atoms with Gasteiger partial charge in [-0.1, -0.05) is 43.9 Å². The number of para-hydroxylation sites is 1. The van der Waals surface area contributed by atoms with E-state index in [1.165, 1.54) is 51.5 Å². The third kappa shape index (κ3) is 4.09. The molecule has 5 heteroatoms. The Balaban J connectivity index is 1.33. The maximum atomic E-state index is 12.6. The second-order valence-corrected chi connectivity index (χ2v) is 7.91. The summed E-state index contributed by atoms with van der Waals surface area (Å²) in [7, 11) is 0. The van der Waals surface area contributed by atoms with Crippen LogP contribution < -0.4 is 5.32 Å². The van der Waals surface area contributed by atoms with E-state index in [4.69, 9.17) is 0 Å². The predicted molar refractivity (Wildman–Crippen MR) is 104 cm³/mol. The van der Waals surface area contributed by atoms with Gasteiger partial charge in [-0.2, -0.15) is 5.10 Å². The average Bonchev–Trinajstić information content (AvgIpc) is 2.88. The molecule has 140 valence electrons. The van der Waals surface area contributed by atoms with E-state index in [0.717, 1.165) is 29.9 Å². The van der Waals surface area contributed by atoms with E-state index in [1.807, 2.05) is 30.5 Å². The molecular weight excluding hydrogens is 324 g/mol. The van der Waals surface area contributed by atoms with Crippen LogP contribution >= 0.6 is 0 Å². The number of fused-ring (bicyclic) bond motifs is 1. The Morgan fingerprint density at radius 2 is 1.88 bits per heavy atom. The lowest BCUT2D eigenvalue weighted by Crippen LogP contribution is -2.51. The number of likely N-dealkylation sites (tertiary alicyclic amines) is 1. The normalized spacial score (nSPS) is 23.0. The highest BCUT2D eigenvalue weighted by atomic mass is 16.2. The number of amides is 1. The number of benzene rings is 1. The molecule has 1 saturated carbocycles. The van der Waals surface area contributed by atoms with Crippen molar-refractivity contribution >= 4 is 16.8 Å². The summed E-state index contributed by atoms with van der Waals surface area (Å²) >= 11 is 0. The molecule has 2 aliphatic rings. The van der Waals surface area contributed by atoms with Crippen molar-refractivity contribution in [3.05, 3.63) is 30.5 Å². The van der Waals surface area contributed by atoms with E-state index in [0.29, 0.717) is 6.54 Å². The molecule has 1 aliphatic carbocycles. The molecule has 0 unspecified atom stereocenters. The first-order chi connectivity index (χ1) is 12.8. The van der Waals surface area contributed by atoms with Crippen LogP contribution in [-0.2, 0) is 11.3 Å². The summed E-state index contributed by atoms with van der Waals surface area (Å²) in [6.07, 6.45) is 12.3. The molecule has 2 aromatic rings. The molecule has 1 amide bonds. The highest BCUT2D eigenvalue weighted by molar-refractivity contribution is 5.82. The number of hydrogen-bond acceptors (Lipinski definition) is 3. The molecule has 1 aliphatic heterocycles. The van der Waals surface area contributed by atoms with Gasteiger partial charge in [-0.25, -0.2) is 0 Å². The lowest BCUT2D eigenvalue weighted by atomic mass is 10.00. The topological polar surface area (TPSA) is 50.2 Å². The van der Waals surface area contributed by atoms with Crippen LogP contribution in [0.15, 0.2) is 30.5 Å². The molecule has 1 atom stereocenters. The van der Waals surface area contributed by atoms with E-state index in [1.54, 1.807) is 4.68 Å². The second-order valence-electron chi connectivity index (χ2n) is 7.91. The minimum atomic E-state index is 0.0755. The fraction of sp³-hybridized carbons (Fsp3) is 0.619. The molecular formula is C21H30N4O. The van der Waals surface area contributed by atoms with Crippen molar-refractivity contribution in [1.29, 1.82) is 0 Å². The Morgan fingerprint density at radius 1 is 1.08 bits per heavy atom. The molecule has 1 N–H and O–H groups in total. The zero-order valence-corrected chi connectivity index (χ0v) is 15.6. The summed E-state index contributed by atoms with van der Waals surface area (Å²) in [5, 5.41) is 8.72. The molecule has 4 rings (SSSR count). The fourth-order valence-corrected chi connectivity index (χ4v) is 4.64. The number of carbonyl (C=O) groups excluding carboxylic acids is 1. The van der Waals surface area contributed by atoms with Crippen molar-refractivity contribution in [2.75, 3.05) is 13.1 Å². The van der Waals surface area contributed by atoms with E-state index in [2.05, 4.69) is 15.3 Å². The summed E-state index contributed by atoms with van der Waals surface area (Å²) < 4.78 is 1.80. The van der Waals surface area contributed by atoms with Gasteiger partial charge in [0.2, 0.25) is 5.91 Å². The third-order valence-electron chi connectivity index (χ3n) is 6.00. The first-order valence-electron chi connectivity index (χ1n) is 10.2. The number of carbonyl (C=O) groups is 1. The van der Waals surface area contributed by atoms with E-state index in [9.17, 15) is 4.79 Å². The quantitative estimate of drug-likeness (QED) is 0.857. The molecule has 0 spiro atoms. The van der Waals surface area contributed by atoms with E-state index in [-0.39, 0.29) is 11.9 Å². The lowest BCUT2D eigenvalue weighted by Gasteiger charge is -2.38. The van der Waals surface area contributed by atoms with Gasteiger partial charge in [0.1, 0.15) is 6.54 Å². The van der Waals surface area contributed by atoms with Crippen LogP contribution in [-0.4, -0.2) is 45.8 Å². The Labute approximate surface area is 155 Å². The van der Waals surface area contributed by atoms with Crippen LogP contribution in [0.5, 0.6) is 0 Å². The number of hydrogen-bond donors (Lipinski definition) is 1. The SMILES string of the molecule is O=C(Cn1ncc2ccccc21)N[C@H]1CCCN(C2CCCCCC2)C1. The van der Waals surface area contributed by atoms with Crippen LogP contribution in [0.1, 0.15) is 51.4 Å². The maximum absolute atomic E-state index is 12.6. The summed E-state index contributed by atoms with van der Waals surface area (Å²) in [6, 6.07) is 9.04. The van der Waals surface area contributed by atoms with Gasteiger partial charge >= 0.3 is 0 Å². The summed E-state index contributed by atoms with van der Waals surface area (Å²) in [4.78, 5) is 15.2. The Bertz CT molecular complexity index is 732. The molecule has 1 aromatic heterocycles. The van der Waals surface area contributed by atoms with Gasteiger partial charge in [-0.3, -0.25) is 14.4 Å². The molecule has 0 radical (unpaired) electrons. The van der Waals surface area contributed by atoms with Gasteiger partial charge in [-0.05, 0) is 38.3 Å². The van der Waals surface area contributed by atoms with Gasteiger partial charge in [0.15, 0.2) is 0 Å². The number of piperidine rings is 1. The number of nitrogens with zero attached hydrogens (tertiary/aromatic N) is 3. The van der Waals surface area contributed by atoms with Crippen LogP contribution in [0.2, 0.25) is 0 Å².